The van der Waals surface area contributed by atoms with Crippen molar-refractivity contribution in [1.29, 1.82) is 0 Å². The van der Waals surface area contributed by atoms with Crippen LogP contribution in [-0.4, -0.2) is 42.7 Å². The summed E-state index contributed by atoms with van der Waals surface area (Å²) in [7, 11) is 2.98. The number of benzene rings is 2. The SMILES string of the molecule is COC1=C[C@]2(C)O[C@@H](C(Cc3ccc(OC)c(OCc4ccccc4)c3)[N+](=O)[O-])CC2=C(C)C1=O. The highest BCUT2D eigenvalue weighted by atomic mass is 16.6. The molecule has 1 aliphatic heterocycles. The number of carbonyl (C=O) groups is 1. The fourth-order valence-electron chi connectivity index (χ4n) is 4.76. The molecule has 4 rings (SSSR count). The van der Waals surface area contributed by atoms with Crippen molar-refractivity contribution in [2.24, 2.45) is 0 Å². The lowest BCUT2D eigenvalue weighted by Crippen LogP contribution is -2.38. The predicted molar refractivity (Wildman–Crippen MR) is 129 cm³/mol. The summed E-state index contributed by atoms with van der Waals surface area (Å²) in [6.07, 6.45) is 1.37. The summed E-state index contributed by atoms with van der Waals surface area (Å²) in [5.41, 5.74) is 2.11. The first-order chi connectivity index (χ1) is 16.8. The smallest absolute Gasteiger partial charge is 0.243 e. The maximum absolute atomic E-state index is 12.5. The molecule has 0 N–H and O–H groups in total. The summed E-state index contributed by atoms with van der Waals surface area (Å²) in [5.74, 6) is 1.05. The lowest BCUT2D eigenvalue weighted by atomic mass is 9.83. The zero-order valence-electron chi connectivity index (χ0n) is 20.3. The van der Waals surface area contributed by atoms with E-state index in [1.807, 2.05) is 37.3 Å². The Kier molecular flexibility index (Phi) is 6.93. The number of carbonyl (C=O) groups excluding carboxylic acids is 1. The summed E-state index contributed by atoms with van der Waals surface area (Å²) in [4.78, 5) is 24.4. The van der Waals surface area contributed by atoms with Crippen LogP contribution in [-0.2, 0) is 27.3 Å². The number of rotatable bonds is 9. The van der Waals surface area contributed by atoms with Gasteiger partial charge in [-0.15, -0.1) is 0 Å². The van der Waals surface area contributed by atoms with Crippen LogP contribution >= 0.6 is 0 Å². The van der Waals surface area contributed by atoms with E-state index in [-0.39, 0.29) is 22.9 Å². The Hall–Kier alpha value is -3.65. The molecule has 1 heterocycles. The highest BCUT2D eigenvalue weighted by Crippen LogP contribution is 2.44. The average molecular weight is 480 g/mol. The van der Waals surface area contributed by atoms with Crippen molar-refractivity contribution in [3.63, 3.8) is 0 Å². The minimum Gasteiger partial charge on any atom is -0.493 e. The second kappa shape index (κ2) is 9.92. The van der Waals surface area contributed by atoms with E-state index in [1.54, 1.807) is 38.3 Å². The van der Waals surface area contributed by atoms with Gasteiger partial charge >= 0.3 is 0 Å². The molecular formula is C27H29NO7. The Balaban J connectivity index is 1.56. The number of Topliss-reactive ketones (excluding diaryl/α,β-unsaturated/α-hetero) is 1. The van der Waals surface area contributed by atoms with Gasteiger partial charge in [-0.2, -0.15) is 0 Å². The minimum absolute atomic E-state index is 0.139. The van der Waals surface area contributed by atoms with Crippen LogP contribution in [0.4, 0.5) is 0 Å². The first-order valence-electron chi connectivity index (χ1n) is 11.4. The summed E-state index contributed by atoms with van der Waals surface area (Å²) < 4.78 is 22.8. The van der Waals surface area contributed by atoms with E-state index in [9.17, 15) is 14.9 Å². The second-order valence-electron chi connectivity index (χ2n) is 8.93. The molecule has 0 radical (unpaired) electrons. The molecule has 35 heavy (non-hydrogen) atoms. The van der Waals surface area contributed by atoms with E-state index < -0.39 is 17.7 Å². The van der Waals surface area contributed by atoms with E-state index in [0.717, 1.165) is 16.7 Å². The van der Waals surface area contributed by atoms with Crippen molar-refractivity contribution in [3.8, 4) is 11.5 Å². The van der Waals surface area contributed by atoms with Gasteiger partial charge < -0.3 is 18.9 Å². The molecule has 184 valence electrons. The lowest BCUT2D eigenvalue weighted by molar-refractivity contribution is -0.534. The Labute approximate surface area is 204 Å². The molecule has 0 bridgehead atoms. The van der Waals surface area contributed by atoms with Crippen LogP contribution in [0.1, 0.15) is 31.4 Å². The third-order valence-electron chi connectivity index (χ3n) is 6.65. The van der Waals surface area contributed by atoms with Crippen molar-refractivity contribution < 1.29 is 28.7 Å². The van der Waals surface area contributed by atoms with Gasteiger partial charge in [-0.3, -0.25) is 14.9 Å². The van der Waals surface area contributed by atoms with E-state index in [0.29, 0.717) is 30.1 Å². The Morgan fingerprint density at radius 2 is 1.86 bits per heavy atom. The first-order valence-corrected chi connectivity index (χ1v) is 11.4. The molecule has 0 saturated carbocycles. The molecule has 0 spiro atoms. The number of fused-ring (bicyclic) bond motifs is 1. The molecule has 2 aliphatic rings. The van der Waals surface area contributed by atoms with Crippen LogP contribution in [0, 0.1) is 10.1 Å². The monoisotopic (exact) mass is 479 g/mol. The van der Waals surface area contributed by atoms with Crippen molar-refractivity contribution in [2.45, 2.75) is 51.0 Å². The molecule has 0 aromatic heterocycles. The third kappa shape index (κ3) is 4.93. The van der Waals surface area contributed by atoms with Gasteiger partial charge in [-0.1, -0.05) is 36.4 Å². The predicted octanol–water partition coefficient (Wildman–Crippen LogP) is 4.44. The maximum Gasteiger partial charge on any atom is 0.243 e. The first kappa shape index (κ1) is 24.5. The number of hydrogen-bond donors (Lipinski definition) is 0. The summed E-state index contributed by atoms with van der Waals surface area (Å²) in [5, 5.41) is 12.1. The number of nitro groups is 1. The quantitative estimate of drug-likeness (QED) is 0.387. The van der Waals surface area contributed by atoms with Gasteiger partial charge in [0.1, 0.15) is 18.3 Å². The number of ether oxygens (including phenoxy) is 4. The molecule has 1 fully saturated rings. The van der Waals surface area contributed by atoms with Crippen molar-refractivity contribution in [2.75, 3.05) is 14.2 Å². The number of methoxy groups -OCH3 is 2. The van der Waals surface area contributed by atoms with Crippen LogP contribution in [0.3, 0.4) is 0 Å². The van der Waals surface area contributed by atoms with Gasteiger partial charge in [0.05, 0.1) is 14.2 Å². The highest BCUT2D eigenvalue weighted by Gasteiger charge is 2.50. The fraction of sp³-hybridized carbons (Fsp3) is 0.370. The number of hydrogen-bond acceptors (Lipinski definition) is 7. The van der Waals surface area contributed by atoms with Crippen LogP contribution in [0.25, 0.3) is 0 Å². The molecule has 8 nitrogen and oxygen atoms in total. The molecule has 2 aromatic carbocycles. The van der Waals surface area contributed by atoms with E-state index in [2.05, 4.69) is 0 Å². The fourth-order valence-corrected chi connectivity index (χ4v) is 4.76. The number of allylic oxidation sites excluding steroid dienone is 1. The zero-order chi connectivity index (χ0) is 25.2. The van der Waals surface area contributed by atoms with Crippen molar-refractivity contribution >= 4 is 5.78 Å². The van der Waals surface area contributed by atoms with Gasteiger partial charge in [0, 0.05) is 23.3 Å². The Bertz CT molecular complexity index is 1190. The minimum atomic E-state index is -1.01. The number of ketones is 1. The van der Waals surface area contributed by atoms with E-state index in [1.165, 1.54) is 7.11 Å². The van der Waals surface area contributed by atoms with E-state index in [4.69, 9.17) is 18.9 Å². The molecule has 3 atom stereocenters. The molecule has 1 saturated heterocycles. The summed E-state index contributed by atoms with van der Waals surface area (Å²) in [6.45, 7) is 3.88. The maximum atomic E-state index is 12.5. The molecular weight excluding hydrogens is 450 g/mol. The van der Waals surface area contributed by atoms with Crippen molar-refractivity contribution in [3.05, 3.63) is 92.8 Å². The number of nitrogens with zero attached hydrogens (tertiary/aromatic N) is 1. The average Bonchev–Trinajstić information content (AvgIpc) is 3.21. The standard InChI is InChI=1S/C27H29NO7/c1-17-20-14-23(35-27(20,2)15-25(33-4)26(17)29)21(28(30)31)12-19-10-11-22(32-3)24(13-19)34-16-18-8-6-5-7-9-18/h5-11,13,15,21,23H,12,14,16H2,1-4H3/t21?,23-,27+/m1/s1. The van der Waals surface area contributed by atoms with Gasteiger partial charge in [0.25, 0.3) is 0 Å². The normalized spacial score (nSPS) is 22.3. The summed E-state index contributed by atoms with van der Waals surface area (Å²) in [6, 6.07) is 14.0. The third-order valence-corrected chi connectivity index (χ3v) is 6.65. The highest BCUT2D eigenvalue weighted by molar-refractivity contribution is 6.08. The van der Waals surface area contributed by atoms with Crippen LogP contribution < -0.4 is 9.47 Å². The molecule has 2 aromatic rings. The van der Waals surface area contributed by atoms with Crippen molar-refractivity contribution in [1.82, 2.24) is 0 Å². The van der Waals surface area contributed by atoms with Gasteiger partial charge in [-0.25, -0.2) is 0 Å². The van der Waals surface area contributed by atoms with Gasteiger partial charge in [0.2, 0.25) is 11.8 Å². The second-order valence-corrected chi connectivity index (χ2v) is 8.93. The van der Waals surface area contributed by atoms with Crippen LogP contribution in [0.15, 0.2) is 71.5 Å². The van der Waals surface area contributed by atoms with Gasteiger partial charge in [-0.05, 0) is 48.8 Å². The van der Waals surface area contributed by atoms with E-state index >= 15 is 0 Å². The summed E-state index contributed by atoms with van der Waals surface area (Å²) >= 11 is 0. The largest absolute Gasteiger partial charge is 0.493 e. The Morgan fingerprint density at radius 3 is 2.51 bits per heavy atom. The topological polar surface area (TPSA) is 97.1 Å². The Morgan fingerprint density at radius 1 is 1.11 bits per heavy atom. The van der Waals surface area contributed by atoms with Crippen LogP contribution in [0.5, 0.6) is 11.5 Å². The molecule has 0 amide bonds. The molecule has 1 unspecified atom stereocenters. The van der Waals surface area contributed by atoms with Gasteiger partial charge in [0.15, 0.2) is 17.3 Å². The lowest BCUT2D eigenvalue weighted by Gasteiger charge is -2.28. The molecule has 1 aliphatic carbocycles. The van der Waals surface area contributed by atoms with Crippen LogP contribution in [0.2, 0.25) is 0 Å². The zero-order valence-corrected chi connectivity index (χ0v) is 20.3. The molecule has 8 heteroatoms.